The normalized spacial score (nSPS) is 9.94. The lowest BCUT2D eigenvalue weighted by Crippen LogP contribution is -2.07. The van der Waals surface area contributed by atoms with E-state index in [1.807, 2.05) is 6.92 Å². The molecule has 0 bridgehead atoms. The molecule has 0 aliphatic heterocycles. The lowest BCUT2D eigenvalue weighted by Gasteiger charge is -2.12. The van der Waals surface area contributed by atoms with Gasteiger partial charge in [0.25, 0.3) is 5.88 Å². The number of nitrogens with zero attached hydrogens (tertiary/aromatic N) is 2. The molecule has 0 radical (unpaired) electrons. The van der Waals surface area contributed by atoms with Crippen molar-refractivity contribution in [2.45, 2.75) is 13.3 Å². The second-order valence-corrected chi connectivity index (χ2v) is 3.02. The van der Waals surface area contributed by atoms with Gasteiger partial charge in [-0.05, 0) is 6.92 Å². The van der Waals surface area contributed by atoms with Gasteiger partial charge in [-0.25, -0.2) is 4.98 Å². The molecule has 0 unspecified atom stereocenters. The number of aliphatic hydroxyl groups excluding tert-OH is 1. The molecular weight excluding hydrogens is 210 g/mol. The first kappa shape index (κ1) is 12.5. The van der Waals surface area contributed by atoms with Crippen LogP contribution in [0.1, 0.15) is 13.3 Å². The van der Waals surface area contributed by atoms with Gasteiger partial charge in [-0.3, -0.25) is 0 Å². The van der Waals surface area contributed by atoms with E-state index in [0.29, 0.717) is 30.5 Å². The second-order valence-electron chi connectivity index (χ2n) is 3.02. The van der Waals surface area contributed by atoms with Crippen molar-refractivity contribution in [2.24, 2.45) is 0 Å². The average Bonchev–Trinajstić information content (AvgIpc) is 2.30. The number of hydrogen-bond donors (Lipinski definition) is 2. The van der Waals surface area contributed by atoms with Crippen LogP contribution in [-0.2, 0) is 0 Å². The molecule has 1 heterocycles. The molecule has 90 valence electrons. The Hall–Kier alpha value is -1.56. The highest BCUT2D eigenvalue weighted by atomic mass is 16.5. The van der Waals surface area contributed by atoms with Crippen LogP contribution >= 0.6 is 0 Å². The van der Waals surface area contributed by atoms with E-state index < -0.39 is 0 Å². The summed E-state index contributed by atoms with van der Waals surface area (Å²) in [6.07, 6.45) is 1.97. The maximum absolute atomic E-state index is 8.65. The average molecular weight is 227 g/mol. The van der Waals surface area contributed by atoms with Crippen LogP contribution in [0.15, 0.2) is 6.33 Å². The van der Waals surface area contributed by atoms with Gasteiger partial charge in [0.05, 0.1) is 13.7 Å². The summed E-state index contributed by atoms with van der Waals surface area (Å²) < 4.78 is 10.6. The molecular formula is C10H17N3O3. The van der Waals surface area contributed by atoms with Gasteiger partial charge in [0.15, 0.2) is 5.82 Å². The SMILES string of the molecule is CCNc1ncnc(OCCCO)c1OC. The molecule has 1 rings (SSSR count). The van der Waals surface area contributed by atoms with E-state index >= 15 is 0 Å². The van der Waals surface area contributed by atoms with Crippen LogP contribution in [0.4, 0.5) is 5.82 Å². The van der Waals surface area contributed by atoms with Gasteiger partial charge in [-0.1, -0.05) is 0 Å². The predicted octanol–water partition coefficient (Wildman–Crippen LogP) is 0.678. The van der Waals surface area contributed by atoms with Crippen LogP contribution in [0.25, 0.3) is 0 Å². The third-order valence-electron chi connectivity index (χ3n) is 1.86. The number of ether oxygens (including phenoxy) is 2. The van der Waals surface area contributed by atoms with Crippen molar-refractivity contribution in [2.75, 3.05) is 32.2 Å². The van der Waals surface area contributed by atoms with E-state index in [2.05, 4.69) is 15.3 Å². The Bertz CT molecular complexity index is 320. The molecule has 16 heavy (non-hydrogen) atoms. The molecule has 0 amide bonds. The summed E-state index contributed by atoms with van der Waals surface area (Å²) in [5, 5.41) is 11.7. The molecule has 0 aromatic carbocycles. The van der Waals surface area contributed by atoms with Crippen molar-refractivity contribution in [3.63, 3.8) is 0 Å². The smallest absolute Gasteiger partial charge is 0.262 e. The van der Waals surface area contributed by atoms with Crippen LogP contribution in [-0.4, -0.2) is 41.9 Å². The summed E-state index contributed by atoms with van der Waals surface area (Å²) in [7, 11) is 1.54. The highest BCUT2D eigenvalue weighted by Crippen LogP contribution is 2.30. The summed E-state index contributed by atoms with van der Waals surface area (Å²) in [5.41, 5.74) is 0. The van der Waals surface area contributed by atoms with E-state index in [9.17, 15) is 0 Å². The van der Waals surface area contributed by atoms with Gasteiger partial charge < -0.3 is 19.9 Å². The number of anilines is 1. The maximum Gasteiger partial charge on any atom is 0.262 e. The zero-order valence-corrected chi connectivity index (χ0v) is 9.56. The van der Waals surface area contributed by atoms with E-state index in [1.165, 1.54) is 6.33 Å². The first-order valence-corrected chi connectivity index (χ1v) is 5.20. The Balaban J connectivity index is 2.77. The molecule has 1 aromatic heterocycles. The van der Waals surface area contributed by atoms with E-state index in [4.69, 9.17) is 14.6 Å². The van der Waals surface area contributed by atoms with Gasteiger partial charge in [0, 0.05) is 19.6 Å². The van der Waals surface area contributed by atoms with Gasteiger partial charge in [-0.15, -0.1) is 0 Å². The van der Waals surface area contributed by atoms with Crippen molar-refractivity contribution in [1.82, 2.24) is 9.97 Å². The summed E-state index contributed by atoms with van der Waals surface area (Å²) in [4.78, 5) is 8.04. The number of rotatable bonds is 7. The van der Waals surface area contributed by atoms with Crippen molar-refractivity contribution in [3.8, 4) is 11.6 Å². The first-order valence-electron chi connectivity index (χ1n) is 5.20. The topological polar surface area (TPSA) is 76.5 Å². The standard InChI is InChI=1S/C10H17N3O3/c1-3-11-9-8(15-2)10(13-7-12-9)16-6-4-5-14/h7,14H,3-6H2,1-2H3,(H,11,12,13). The quantitative estimate of drug-likeness (QED) is 0.667. The fourth-order valence-electron chi connectivity index (χ4n) is 1.17. The highest BCUT2D eigenvalue weighted by Gasteiger charge is 2.12. The molecule has 0 saturated heterocycles. The molecule has 6 nitrogen and oxygen atoms in total. The van der Waals surface area contributed by atoms with E-state index in [1.54, 1.807) is 7.11 Å². The Morgan fingerprint density at radius 3 is 2.88 bits per heavy atom. The van der Waals surface area contributed by atoms with E-state index in [0.717, 1.165) is 6.54 Å². The second kappa shape index (κ2) is 6.84. The number of nitrogens with one attached hydrogen (secondary N) is 1. The summed E-state index contributed by atoms with van der Waals surface area (Å²) in [6.45, 7) is 3.19. The fraction of sp³-hybridized carbons (Fsp3) is 0.600. The largest absolute Gasteiger partial charge is 0.489 e. The van der Waals surface area contributed by atoms with E-state index in [-0.39, 0.29) is 6.61 Å². The predicted molar refractivity (Wildman–Crippen MR) is 59.9 cm³/mol. The van der Waals surface area contributed by atoms with Gasteiger partial charge in [0.2, 0.25) is 5.75 Å². The zero-order chi connectivity index (χ0) is 11.8. The maximum atomic E-state index is 8.65. The highest BCUT2D eigenvalue weighted by molar-refractivity contribution is 5.54. The Morgan fingerprint density at radius 2 is 2.25 bits per heavy atom. The molecule has 0 saturated carbocycles. The van der Waals surface area contributed by atoms with Crippen LogP contribution < -0.4 is 14.8 Å². The summed E-state index contributed by atoms with van der Waals surface area (Å²) in [5.74, 6) is 1.49. The van der Waals surface area contributed by atoms with Crippen molar-refractivity contribution < 1.29 is 14.6 Å². The number of methoxy groups -OCH3 is 1. The molecule has 2 N–H and O–H groups in total. The van der Waals surface area contributed by atoms with Crippen LogP contribution in [0.2, 0.25) is 0 Å². The lowest BCUT2D eigenvalue weighted by molar-refractivity contribution is 0.223. The molecule has 0 spiro atoms. The van der Waals surface area contributed by atoms with Crippen molar-refractivity contribution in [3.05, 3.63) is 6.33 Å². The van der Waals surface area contributed by atoms with Gasteiger partial charge in [0.1, 0.15) is 6.33 Å². The number of aromatic nitrogens is 2. The van der Waals surface area contributed by atoms with Crippen LogP contribution in [0, 0.1) is 0 Å². The molecule has 0 atom stereocenters. The van der Waals surface area contributed by atoms with Crippen LogP contribution in [0.5, 0.6) is 11.6 Å². The monoisotopic (exact) mass is 227 g/mol. The number of hydrogen-bond acceptors (Lipinski definition) is 6. The minimum absolute atomic E-state index is 0.0907. The van der Waals surface area contributed by atoms with Crippen LogP contribution in [0.3, 0.4) is 0 Å². The molecule has 0 fully saturated rings. The third kappa shape index (κ3) is 3.23. The van der Waals surface area contributed by atoms with Crippen molar-refractivity contribution >= 4 is 5.82 Å². The van der Waals surface area contributed by atoms with Gasteiger partial charge in [-0.2, -0.15) is 4.98 Å². The number of aliphatic hydroxyl groups is 1. The summed E-state index contributed by atoms with van der Waals surface area (Å²) >= 11 is 0. The molecule has 6 heteroatoms. The molecule has 1 aromatic rings. The van der Waals surface area contributed by atoms with Gasteiger partial charge >= 0.3 is 0 Å². The first-order chi connectivity index (χ1) is 7.83. The Morgan fingerprint density at radius 1 is 1.44 bits per heavy atom. The Kier molecular flexibility index (Phi) is 5.35. The third-order valence-corrected chi connectivity index (χ3v) is 1.86. The minimum Gasteiger partial charge on any atom is -0.489 e. The summed E-state index contributed by atoms with van der Waals surface area (Å²) in [6, 6.07) is 0. The molecule has 0 aliphatic rings. The molecule has 0 aliphatic carbocycles. The fourth-order valence-corrected chi connectivity index (χ4v) is 1.17. The van der Waals surface area contributed by atoms with Crippen molar-refractivity contribution in [1.29, 1.82) is 0 Å². The lowest BCUT2D eigenvalue weighted by atomic mass is 10.4. The minimum atomic E-state index is 0.0907. The zero-order valence-electron chi connectivity index (χ0n) is 9.56. The Labute approximate surface area is 94.6 Å².